The van der Waals surface area contributed by atoms with E-state index in [0.717, 1.165) is 47.9 Å². The van der Waals surface area contributed by atoms with Gasteiger partial charge in [0, 0.05) is 25.5 Å². The lowest BCUT2D eigenvalue weighted by atomic mass is 10.1. The lowest BCUT2D eigenvalue weighted by Gasteiger charge is -2.30. The van der Waals surface area contributed by atoms with E-state index in [2.05, 4.69) is 19.4 Å². The summed E-state index contributed by atoms with van der Waals surface area (Å²) in [6, 6.07) is 0.316. The first-order valence-electron chi connectivity index (χ1n) is 9.88. The molecular formula is C19H22N8O2. The van der Waals surface area contributed by atoms with Crippen molar-refractivity contribution in [1.29, 1.82) is 0 Å². The van der Waals surface area contributed by atoms with E-state index >= 15 is 0 Å². The Labute approximate surface area is 167 Å². The fourth-order valence-corrected chi connectivity index (χ4v) is 4.56. The van der Waals surface area contributed by atoms with E-state index in [9.17, 15) is 0 Å². The number of nitrogens with two attached hydrogens (primary N) is 1. The van der Waals surface area contributed by atoms with Gasteiger partial charge in [-0.15, -0.1) is 0 Å². The minimum atomic E-state index is -0.478. The van der Waals surface area contributed by atoms with Crippen LogP contribution in [0.15, 0.2) is 12.4 Å². The largest absolute Gasteiger partial charge is 0.374 e. The van der Waals surface area contributed by atoms with E-state index in [1.807, 2.05) is 13.8 Å². The Hall–Kier alpha value is -2.85. The molecule has 29 heavy (non-hydrogen) atoms. The van der Waals surface area contributed by atoms with Crippen LogP contribution in [0.1, 0.15) is 26.1 Å². The minimum Gasteiger partial charge on any atom is -0.374 e. The minimum absolute atomic E-state index is 0.227. The van der Waals surface area contributed by atoms with Crippen LogP contribution >= 0.6 is 0 Å². The molecule has 3 aliphatic rings. The Balaban J connectivity index is 1.59. The summed E-state index contributed by atoms with van der Waals surface area (Å²) in [6.07, 6.45) is 4.60. The highest BCUT2D eigenvalue weighted by Gasteiger charge is 2.42. The van der Waals surface area contributed by atoms with E-state index in [-0.39, 0.29) is 12.1 Å². The topological polar surface area (TPSA) is 117 Å². The molecule has 150 valence electrons. The highest BCUT2D eigenvalue weighted by molar-refractivity contribution is 5.87. The van der Waals surface area contributed by atoms with Gasteiger partial charge >= 0.3 is 0 Å². The van der Waals surface area contributed by atoms with Crippen LogP contribution in [0.3, 0.4) is 0 Å². The van der Waals surface area contributed by atoms with Crippen molar-refractivity contribution in [3.63, 3.8) is 0 Å². The van der Waals surface area contributed by atoms with Gasteiger partial charge in [-0.2, -0.15) is 0 Å². The Morgan fingerprint density at radius 2 is 2.00 bits per heavy atom. The van der Waals surface area contributed by atoms with Gasteiger partial charge in [0.15, 0.2) is 22.8 Å². The van der Waals surface area contributed by atoms with Crippen LogP contribution < -0.4 is 10.6 Å². The van der Waals surface area contributed by atoms with Crippen molar-refractivity contribution in [1.82, 2.24) is 29.5 Å². The zero-order valence-corrected chi connectivity index (χ0v) is 16.4. The van der Waals surface area contributed by atoms with Crippen LogP contribution in [0, 0.1) is 0 Å². The van der Waals surface area contributed by atoms with Crippen molar-refractivity contribution < 1.29 is 9.47 Å². The molecule has 2 saturated heterocycles. The predicted octanol–water partition coefficient (Wildman–Crippen LogP) is 1.11. The Kier molecular flexibility index (Phi) is 3.43. The van der Waals surface area contributed by atoms with Crippen molar-refractivity contribution in [2.45, 2.75) is 44.6 Å². The van der Waals surface area contributed by atoms with Crippen molar-refractivity contribution >= 4 is 22.9 Å². The predicted molar refractivity (Wildman–Crippen MR) is 105 cm³/mol. The molecule has 2 bridgehead atoms. The molecule has 2 N–H and O–H groups in total. The molecule has 10 nitrogen and oxygen atoms in total. The van der Waals surface area contributed by atoms with Crippen LogP contribution in [0.2, 0.25) is 0 Å². The molecule has 3 aliphatic heterocycles. The average molecular weight is 394 g/mol. The third-order valence-electron chi connectivity index (χ3n) is 6.00. The third-order valence-corrected chi connectivity index (χ3v) is 6.00. The average Bonchev–Trinajstić information content (AvgIpc) is 3.42. The lowest BCUT2D eigenvalue weighted by molar-refractivity contribution is -0.0530. The molecule has 0 unspecified atom stereocenters. The second kappa shape index (κ2) is 5.83. The van der Waals surface area contributed by atoms with E-state index in [0.29, 0.717) is 25.0 Å². The van der Waals surface area contributed by atoms with E-state index in [4.69, 9.17) is 30.2 Å². The second-order valence-electron chi connectivity index (χ2n) is 8.32. The summed E-state index contributed by atoms with van der Waals surface area (Å²) in [4.78, 5) is 25.3. The van der Waals surface area contributed by atoms with Gasteiger partial charge in [0.05, 0.1) is 30.9 Å². The number of anilines is 2. The number of ether oxygens (including phenoxy) is 2. The van der Waals surface area contributed by atoms with Crippen molar-refractivity contribution in [3.8, 4) is 11.4 Å². The number of hydrogen-bond acceptors (Lipinski definition) is 9. The zero-order chi connectivity index (χ0) is 19.8. The smallest absolute Gasteiger partial charge is 0.219 e. The number of nitrogens with zero attached hydrogens (tertiary/aromatic N) is 7. The fourth-order valence-electron chi connectivity index (χ4n) is 4.56. The second-order valence-corrected chi connectivity index (χ2v) is 8.32. The Morgan fingerprint density at radius 3 is 2.72 bits per heavy atom. The number of aromatic nitrogens is 6. The molecule has 0 saturated carbocycles. The molecule has 3 aromatic rings. The van der Waals surface area contributed by atoms with Gasteiger partial charge in [-0.3, -0.25) is 0 Å². The van der Waals surface area contributed by atoms with Gasteiger partial charge < -0.3 is 24.7 Å². The van der Waals surface area contributed by atoms with E-state index < -0.39 is 5.60 Å². The molecule has 0 aliphatic carbocycles. The van der Waals surface area contributed by atoms with Gasteiger partial charge in [0.2, 0.25) is 5.95 Å². The molecule has 6 heterocycles. The molecule has 2 fully saturated rings. The Bertz CT molecular complexity index is 1110. The SMILES string of the molecule is CC1(C)OCCn2c1nc1c(N3C[C@@H]4C[C@H]3CO4)nc(-c3cnc(N)nc3)nc12. The summed E-state index contributed by atoms with van der Waals surface area (Å²) in [5.74, 6) is 2.52. The molecule has 3 aromatic heterocycles. The van der Waals surface area contributed by atoms with Crippen molar-refractivity contribution in [3.05, 3.63) is 18.2 Å². The number of rotatable bonds is 2. The molecule has 10 heteroatoms. The highest BCUT2D eigenvalue weighted by Crippen LogP contribution is 2.38. The van der Waals surface area contributed by atoms with Gasteiger partial charge in [-0.05, 0) is 20.3 Å². The number of nitrogen functional groups attached to an aromatic ring is 1. The first kappa shape index (κ1) is 17.0. The monoisotopic (exact) mass is 394 g/mol. The van der Waals surface area contributed by atoms with E-state index in [1.165, 1.54) is 0 Å². The summed E-state index contributed by atoms with van der Waals surface area (Å²) < 4.78 is 13.9. The van der Waals surface area contributed by atoms with Gasteiger partial charge in [0.25, 0.3) is 0 Å². The summed E-state index contributed by atoms with van der Waals surface area (Å²) in [6.45, 7) is 6.94. The number of fused-ring (bicyclic) bond motifs is 5. The van der Waals surface area contributed by atoms with Crippen LogP contribution in [-0.4, -0.2) is 61.4 Å². The number of morpholine rings is 1. The van der Waals surface area contributed by atoms with E-state index in [1.54, 1.807) is 12.4 Å². The Morgan fingerprint density at radius 1 is 1.17 bits per heavy atom. The summed E-state index contributed by atoms with van der Waals surface area (Å²) in [5, 5.41) is 0. The fraction of sp³-hybridized carbons (Fsp3) is 0.526. The van der Waals surface area contributed by atoms with Crippen LogP contribution in [0.4, 0.5) is 11.8 Å². The number of hydrogen-bond donors (Lipinski definition) is 1. The standard InChI is InChI=1S/C19H22N8O2/c1-19(2)17-23-13-15(26(17)3-4-29-19)24-14(10-6-21-18(20)22-7-10)25-16(13)27-8-12-5-11(27)9-28-12/h6-7,11-12H,3-5,8-9H2,1-2H3,(H2,20,21,22)/t11-,12-/m0/s1. The van der Waals surface area contributed by atoms with Gasteiger partial charge in [0.1, 0.15) is 11.4 Å². The van der Waals surface area contributed by atoms with Crippen molar-refractivity contribution in [2.24, 2.45) is 0 Å². The van der Waals surface area contributed by atoms with Crippen molar-refractivity contribution in [2.75, 3.05) is 30.4 Å². The maximum absolute atomic E-state index is 5.97. The third kappa shape index (κ3) is 2.52. The normalized spacial score (nSPS) is 25.0. The molecule has 0 radical (unpaired) electrons. The summed E-state index contributed by atoms with van der Waals surface area (Å²) in [7, 11) is 0. The number of imidazole rings is 1. The summed E-state index contributed by atoms with van der Waals surface area (Å²) >= 11 is 0. The van der Waals surface area contributed by atoms with Crippen LogP contribution in [0.25, 0.3) is 22.6 Å². The first-order chi connectivity index (χ1) is 14.0. The molecule has 0 aromatic carbocycles. The zero-order valence-electron chi connectivity index (χ0n) is 16.4. The molecular weight excluding hydrogens is 372 g/mol. The maximum atomic E-state index is 5.97. The highest BCUT2D eigenvalue weighted by atomic mass is 16.5. The quantitative estimate of drug-likeness (QED) is 0.682. The molecule has 0 amide bonds. The molecule has 6 rings (SSSR count). The lowest BCUT2D eigenvalue weighted by Crippen LogP contribution is -2.37. The summed E-state index contributed by atoms with van der Waals surface area (Å²) in [5.41, 5.74) is 7.53. The maximum Gasteiger partial charge on any atom is 0.219 e. The van der Waals surface area contributed by atoms with Gasteiger partial charge in [-0.1, -0.05) is 0 Å². The molecule has 0 spiro atoms. The first-order valence-corrected chi connectivity index (χ1v) is 9.88. The molecule has 2 atom stereocenters. The van der Waals surface area contributed by atoms with Crippen LogP contribution in [-0.2, 0) is 21.6 Å². The van der Waals surface area contributed by atoms with Gasteiger partial charge in [-0.25, -0.2) is 24.9 Å². The van der Waals surface area contributed by atoms with Crippen LogP contribution in [0.5, 0.6) is 0 Å².